The van der Waals surface area contributed by atoms with Gasteiger partial charge in [-0.2, -0.15) is 15.8 Å². The van der Waals surface area contributed by atoms with Crippen molar-refractivity contribution in [2.24, 2.45) is 0 Å². The van der Waals surface area contributed by atoms with Crippen LogP contribution < -0.4 is 9.80 Å². The lowest BCUT2D eigenvalue weighted by Crippen LogP contribution is -2.10. The summed E-state index contributed by atoms with van der Waals surface area (Å²) in [6.07, 6.45) is 0. The monoisotopic (exact) mass is 916 g/mol. The average molecular weight is 917 g/mol. The van der Waals surface area contributed by atoms with Crippen LogP contribution in [0.1, 0.15) is 16.7 Å². The summed E-state index contributed by atoms with van der Waals surface area (Å²) in [6.45, 7) is 7.68. The van der Waals surface area contributed by atoms with Crippen LogP contribution in [0.15, 0.2) is 243 Å². The number of anilines is 6. The van der Waals surface area contributed by atoms with Gasteiger partial charge in [0.25, 0.3) is 0 Å². The third-order valence-corrected chi connectivity index (χ3v) is 13.2. The topological polar surface area (TPSA) is 82.2 Å². The molecule has 11 aromatic rings. The molecule has 0 aromatic heterocycles. The van der Waals surface area contributed by atoms with Gasteiger partial charge in [-0.1, -0.05) is 133 Å². The number of hydrogen-bond acceptors (Lipinski definition) is 5. The van der Waals surface area contributed by atoms with Gasteiger partial charge in [0.2, 0.25) is 0 Å². The van der Waals surface area contributed by atoms with E-state index in [2.05, 4.69) is 166 Å². The smallest absolute Gasteiger partial charge is 0.187 e. The van der Waals surface area contributed by atoms with E-state index in [-0.39, 0.29) is 0 Å². The standard InChI is InChI=1S/C66H40N6/c1-70-54-26-34-58(35-27-54)72(57-32-16-47(44-69)17-33-57)60-37-39-62-64(41-60)66(53-24-20-51(21-25-53)49-10-6-3-7-11-49)61-38-36-59(40-63(61)65(62)52-22-18-50(19-23-52)48-8-4-2-5-9-48)71(55-28-12-45(42-67)13-29-55)56-30-14-46(43-68)15-31-56/h2-41H. The van der Waals surface area contributed by atoms with Gasteiger partial charge in [0.1, 0.15) is 0 Å². The molecule has 0 spiro atoms. The number of nitrogens with zero attached hydrogens (tertiary/aromatic N) is 6. The Morgan fingerprint density at radius 2 is 0.583 bits per heavy atom. The van der Waals surface area contributed by atoms with Gasteiger partial charge in [-0.05, 0) is 175 Å². The highest BCUT2D eigenvalue weighted by molar-refractivity contribution is 6.22. The molecule has 72 heavy (non-hydrogen) atoms. The predicted molar refractivity (Wildman–Crippen MR) is 293 cm³/mol. The highest BCUT2D eigenvalue weighted by Gasteiger charge is 2.23. The van der Waals surface area contributed by atoms with Crippen molar-refractivity contribution in [3.05, 3.63) is 271 Å². The zero-order chi connectivity index (χ0) is 49.0. The maximum atomic E-state index is 9.76. The van der Waals surface area contributed by atoms with Crippen LogP contribution in [-0.2, 0) is 0 Å². The van der Waals surface area contributed by atoms with Crippen molar-refractivity contribution in [3.8, 4) is 62.7 Å². The van der Waals surface area contributed by atoms with Gasteiger partial charge >= 0.3 is 0 Å². The molecule has 0 aliphatic heterocycles. The molecular formula is C66H40N6. The Bertz CT molecular complexity index is 3570. The molecule has 6 heteroatoms. The van der Waals surface area contributed by atoms with Crippen LogP contribution in [0.5, 0.6) is 0 Å². The second kappa shape index (κ2) is 19.2. The van der Waals surface area contributed by atoms with Crippen molar-refractivity contribution in [2.75, 3.05) is 9.80 Å². The van der Waals surface area contributed by atoms with Gasteiger partial charge in [0.05, 0.1) is 41.5 Å². The summed E-state index contributed by atoms with van der Waals surface area (Å²) in [7, 11) is 0. The normalized spacial score (nSPS) is 10.7. The molecule has 11 rings (SSSR count). The molecule has 0 saturated heterocycles. The predicted octanol–water partition coefficient (Wildman–Crippen LogP) is 17.8. The van der Waals surface area contributed by atoms with Gasteiger partial charge in [-0.3, -0.25) is 0 Å². The van der Waals surface area contributed by atoms with Crippen molar-refractivity contribution in [2.45, 2.75) is 0 Å². The summed E-state index contributed by atoms with van der Waals surface area (Å²) in [5, 5.41) is 33.5. The molecule has 0 fully saturated rings. The van der Waals surface area contributed by atoms with Crippen molar-refractivity contribution in [3.63, 3.8) is 0 Å². The Morgan fingerprint density at radius 3 is 0.903 bits per heavy atom. The molecular weight excluding hydrogens is 877 g/mol. The first-order valence-electron chi connectivity index (χ1n) is 23.4. The Balaban J connectivity index is 1.22. The molecule has 334 valence electrons. The maximum Gasteiger partial charge on any atom is 0.187 e. The van der Waals surface area contributed by atoms with Gasteiger partial charge < -0.3 is 9.80 Å². The van der Waals surface area contributed by atoms with Crippen LogP contribution in [-0.4, -0.2) is 0 Å². The number of nitriles is 3. The third kappa shape index (κ3) is 8.42. The molecule has 0 bridgehead atoms. The maximum absolute atomic E-state index is 9.76. The molecule has 0 unspecified atom stereocenters. The minimum absolute atomic E-state index is 0.545. The van der Waals surface area contributed by atoms with Crippen LogP contribution in [0.3, 0.4) is 0 Å². The molecule has 0 saturated carbocycles. The van der Waals surface area contributed by atoms with E-state index in [1.807, 2.05) is 109 Å². The minimum atomic E-state index is 0.545. The van der Waals surface area contributed by atoms with Crippen LogP contribution in [0.25, 0.3) is 70.9 Å². The van der Waals surface area contributed by atoms with Crippen molar-refractivity contribution in [1.29, 1.82) is 15.8 Å². The van der Waals surface area contributed by atoms with E-state index in [0.717, 1.165) is 100 Å². The van der Waals surface area contributed by atoms with Gasteiger partial charge in [-0.15, -0.1) is 0 Å². The lowest BCUT2D eigenvalue weighted by molar-refractivity contribution is 1.28. The molecule has 0 aliphatic rings. The number of fused-ring (bicyclic) bond motifs is 2. The van der Waals surface area contributed by atoms with Crippen LogP contribution in [0, 0.1) is 40.6 Å². The molecule has 0 N–H and O–H groups in total. The second-order valence-corrected chi connectivity index (χ2v) is 17.4. The van der Waals surface area contributed by atoms with E-state index in [9.17, 15) is 15.8 Å². The Morgan fingerprint density at radius 1 is 0.292 bits per heavy atom. The van der Waals surface area contributed by atoms with E-state index in [1.54, 1.807) is 0 Å². The zero-order valence-corrected chi connectivity index (χ0v) is 38.8. The Hall–Kier alpha value is -10.5. The minimum Gasteiger partial charge on any atom is -0.311 e. The first-order valence-corrected chi connectivity index (χ1v) is 23.4. The molecule has 0 amide bonds. The summed E-state index contributed by atoms with van der Waals surface area (Å²) in [4.78, 5) is 8.01. The largest absolute Gasteiger partial charge is 0.311 e. The zero-order valence-electron chi connectivity index (χ0n) is 38.8. The summed E-state index contributed by atoms with van der Waals surface area (Å²) in [5.41, 5.74) is 16.2. The van der Waals surface area contributed by atoms with E-state index >= 15 is 0 Å². The quantitative estimate of drug-likeness (QED) is 0.101. The molecule has 0 radical (unpaired) electrons. The van der Waals surface area contributed by atoms with Gasteiger partial charge in [-0.25, -0.2) is 4.85 Å². The lowest BCUT2D eigenvalue weighted by atomic mass is 9.84. The van der Waals surface area contributed by atoms with E-state index < -0.39 is 0 Å². The fourth-order valence-corrected chi connectivity index (χ4v) is 9.65. The van der Waals surface area contributed by atoms with Crippen molar-refractivity contribution < 1.29 is 0 Å². The highest BCUT2D eigenvalue weighted by atomic mass is 15.1. The molecule has 11 aromatic carbocycles. The third-order valence-electron chi connectivity index (χ3n) is 13.2. The Labute approximate surface area is 418 Å². The average Bonchev–Trinajstić information content (AvgIpc) is 3.46. The highest BCUT2D eigenvalue weighted by Crippen LogP contribution is 2.49. The molecule has 6 nitrogen and oxygen atoms in total. The van der Waals surface area contributed by atoms with Crippen molar-refractivity contribution in [1.82, 2.24) is 0 Å². The van der Waals surface area contributed by atoms with Crippen LogP contribution in [0.2, 0.25) is 0 Å². The van der Waals surface area contributed by atoms with Crippen LogP contribution in [0.4, 0.5) is 39.8 Å². The van der Waals surface area contributed by atoms with Gasteiger partial charge in [0.15, 0.2) is 5.69 Å². The summed E-state index contributed by atoms with van der Waals surface area (Å²) in [6, 6.07) is 88.8. The summed E-state index contributed by atoms with van der Waals surface area (Å²) in [5.74, 6) is 0. The second-order valence-electron chi connectivity index (χ2n) is 17.4. The molecule has 0 aliphatic carbocycles. The fraction of sp³-hybridized carbons (Fsp3) is 0. The first-order chi connectivity index (χ1) is 35.5. The number of rotatable bonds is 10. The van der Waals surface area contributed by atoms with Gasteiger partial charge in [0, 0.05) is 34.1 Å². The molecule has 0 atom stereocenters. The molecule has 0 heterocycles. The van der Waals surface area contributed by atoms with E-state index in [0.29, 0.717) is 22.4 Å². The summed E-state index contributed by atoms with van der Waals surface area (Å²) >= 11 is 0. The number of hydrogen-bond donors (Lipinski definition) is 0. The first kappa shape index (κ1) is 44.0. The SMILES string of the molecule is [C-]#[N+]c1ccc(N(c2ccc(C#N)cc2)c2ccc3c(-c4ccc(-c5ccccc5)cc4)c4cc(N(c5ccc(C#N)cc5)c5ccc(C#N)cc5)ccc4c(-c4ccc(-c5ccccc5)cc4)c3c2)cc1. The van der Waals surface area contributed by atoms with Crippen LogP contribution >= 0.6 is 0 Å². The lowest BCUT2D eigenvalue weighted by Gasteiger charge is -2.28. The number of benzene rings is 11. The van der Waals surface area contributed by atoms with E-state index in [1.165, 1.54) is 0 Å². The Kier molecular flexibility index (Phi) is 11.8. The fourth-order valence-electron chi connectivity index (χ4n) is 9.65. The summed E-state index contributed by atoms with van der Waals surface area (Å²) < 4.78 is 0. The van der Waals surface area contributed by atoms with E-state index in [4.69, 9.17) is 6.57 Å². The van der Waals surface area contributed by atoms with Crippen molar-refractivity contribution >= 4 is 61.4 Å².